The highest BCUT2D eigenvalue weighted by molar-refractivity contribution is 5.83. The normalized spacial score (nSPS) is 14.5. The second-order valence-corrected chi connectivity index (χ2v) is 6.41. The molecule has 1 aliphatic rings. The third-order valence-corrected chi connectivity index (χ3v) is 4.65. The van der Waals surface area contributed by atoms with E-state index in [4.69, 9.17) is 10.5 Å². The summed E-state index contributed by atoms with van der Waals surface area (Å²) in [7, 11) is 0. The molecule has 0 aliphatic carbocycles. The smallest absolute Gasteiger partial charge is 0.226 e. The van der Waals surface area contributed by atoms with Crippen LogP contribution in [0.4, 0.5) is 0 Å². The van der Waals surface area contributed by atoms with E-state index in [0.29, 0.717) is 52.2 Å². The molecule has 1 saturated heterocycles. The standard InChI is InChI=1S/C20H25N3O3/c21-9-7-19(24)22-10-12-23(13-11-22)20(25)8-14-26-18-6-5-16-3-1-2-4-17(16)15-18/h1-6,15H,7-14,21H2. The quantitative estimate of drug-likeness (QED) is 0.854. The molecule has 26 heavy (non-hydrogen) atoms. The van der Waals surface area contributed by atoms with Crippen LogP contribution < -0.4 is 10.5 Å². The van der Waals surface area contributed by atoms with Gasteiger partial charge in [0.15, 0.2) is 0 Å². The monoisotopic (exact) mass is 355 g/mol. The summed E-state index contributed by atoms with van der Waals surface area (Å²) < 4.78 is 5.74. The molecule has 2 aromatic carbocycles. The number of amides is 2. The number of ether oxygens (including phenoxy) is 1. The molecule has 0 saturated carbocycles. The van der Waals surface area contributed by atoms with Crippen LogP contribution in [0.25, 0.3) is 10.8 Å². The summed E-state index contributed by atoms with van der Waals surface area (Å²) in [5, 5.41) is 2.28. The van der Waals surface area contributed by atoms with Crippen molar-refractivity contribution in [2.24, 2.45) is 5.73 Å². The van der Waals surface area contributed by atoms with Crippen LogP contribution in [0, 0.1) is 0 Å². The number of piperazine rings is 1. The number of hydrogen-bond acceptors (Lipinski definition) is 4. The molecule has 1 aliphatic heterocycles. The number of nitrogens with zero attached hydrogens (tertiary/aromatic N) is 2. The van der Waals surface area contributed by atoms with E-state index in [0.717, 1.165) is 16.5 Å². The maximum Gasteiger partial charge on any atom is 0.226 e. The van der Waals surface area contributed by atoms with Gasteiger partial charge < -0.3 is 20.3 Å². The Morgan fingerprint density at radius 2 is 1.50 bits per heavy atom. The molecule has 2 amide bonds. The molecule has 138 valence electrons. The average molecular weight is 355 g/mol. The van der Waals surface area contributed by atoms with Gasteiger partial charge in [0.2, 0.25) is 11.8 Å². The number of carbonyl (C=O) groups excluding carboxylic acids is 2. The van der Waals surface area contributed by atoms with Gasteiger partial charge in [-0.3, -0.25) is 9.59 Å². The van der Waals surface area contributed by atoms with Gasteiger partial charge >= 0.3 is 0 Å². The van der Waals surface area contributed by atoms with Crippen molar-refractivity contribution in [2.45, 2.75) is 12.8 Å². The van der Waals surface area contributed by atoms with Crippen LogP contribution in [0.15, 0.2) is 42.5 Å². The Morgan fingerprint density at radius 1 is 0.885 bits per heavy atom. The van der Waals surface area contributed by atoms with E-state index in [9.17, 15) is 9.59 Å². The Bertz CT molecular complexity index is 770. The van der Waals surface area contributed by atoms with E-state index in [1.54, 1.807) is 9.80 Å². The predicted molar refractivity (Wildman–Crippen MR) is 101 cm³/mol. The first kappa shape index (κ1) is 18.2. The fraction of sp³-hybridized carbons (Fsp3) is 0.400. The lowest BCUT2D eigenvalue weighted by Crippen LogP contribution is -2.51. The largest absolute Gasteiger partial charge is 0.493 e. The molecule has 0 radical (unpaired) electrons. The SMILES string of the molecule is NCCC(=O)N1CCN(C(=O)CCOc2ccc3ccccc3c2)CC1. The molecule has 1 fully saturated rings. The van der Waals surface area contributed by atoms with Crippen molar-refractivity contribution in [3.05, 3.63) is 42.5 Å². The number of benzene rings is 2. The number of fused-ring (bicyclic) bond motifs is 1. The third-order valence-electron chi connectivity index (χ3n) is 4.65. The second kappa shape index (κ2) is 8.67. The van der Waals surface area contributed by atoms with Crippen LogP contribution >= 0.6 is 0 Å². The summed E-state index contributed by atoms with van der Waals surface area (Å²) in [5.41, 5.74) is 5.42. The first-order valence-corrected chi connectivity index (χ1v) is 9.04. The second-order valence-electron chi connectivity index (χ2n) is 6.41. The maximum absolute atomic E-state index is 12.3. The van der Waals surface area contributed by atoms with Gasteiger partial charge in [0.05, 0.1) is 13.0 Å². The summed E-state index contributed by atoms with van der Waals surface area (Å²) in [6.07, 6.45) is 0.705. The molecule has 0 atom stereocenters. The van der Waals surface area contributed by atoms with Gasteiger partial charge in [-0.2, -0.15) is 0 Å². The summed E-state index contributed by atoms with van der Waals surface area (Å²) >= 11 is 0. The number of carbonyl (C=O) groups is 2. The number of hydrogen-bond donors (Lipinski definition) is 1. The van der Waals surface area contributed by atoms with Crippen LogP contribution in [-0.2, 0) is 9.59 Å². The molecule has 2 aromatic rings. The highest BCUT2D eigenvalue weighted by atomic mass is 16.5. The van der Waals surface area contributed by atoms with Crippen LogP contribution in [0.5, 0.6) is 5.75 Å². The minimum absolute atomic E-state index is 0.0664. The highest BCUT2D eigenvalue weighted by Gasteiger charge is 2.23. The average Bonchev–Trinajstić information content (AvgIpc) is 2.68. The summed E-state index contributed by atoms with van der Waals surface area (Å²) in [5.74, 6) is 0.907. The zero-order valence-corrected chi connectivity index (χ0v) is 14.9. The Kier molecular flexibility index (Phi) is 6.07. The fourth-order valence-electron chi connectivity index (χ4n) is 3.16. The van der Waals surface area contributed by atoms with E-state index < -0.39 is 0 Å². The molecule has 2 N–H and O–H groups in total. The molecule has 0 bridgehead atoms. The minimum atomic E-state index is 0.0664. The molecule has 3 rings (SSSR count). The maximum atomic E-state index is 12.3. The molecule has 0 unspecified atom stereocenters. The predicted octanol–water partition coefficient (Wildman–Crippen LogP) is 1.63. The molecular weight excluding hydrogens is 330 g/mol. The zero-order valence-electron chi connectivity index (χ0n) is 14.9. The summed E-state index contributed by atoms with van der Waals surface area (Å²) in [6.45, 7) is 3.02. The fourth-order valence-corrected chi connectivity index (χ4v) is 3.16. The zero-order chi connectivity index (χ0) is 18.4. The van der Waals surface area contributed by atoms with Crippen molar-refractivity contribution in [3.63, 3.8) is 0 Å². The van der Waals surface area contributed by atoms with Crippen molar-refractivity contribution in [3.8, 4) is 5.75 Å². The lowest BCUT2D eigenvalue weighted by atomic mass is 10.1. The molecule has 1 heterocycles. The van der Waals surface area contributed by atoms with Gasteiger partial charge in [-0.05, 0) is 22.9 Å². The van der Waals surface area contributed by atoms with E-state index in [2.05, 4.69) is 6.07 Å². The van der Waals surface area contributed by atoms with Crippen molar-refractivity contribution in [2.75, 3.05) is 39.3 Å². The first-order valence-electron chi connectivity index (χ1n) is 9.04. The van der Waals surface area contributed by atoms with E-state index in [-0.39, 0.29) is 11.8 Å². The number of nitrogens with two attached hydrogens (primary N) is 1. The van der Waals surface area contributed by atoms with Gasteiger partial charge in [0, 0.05) is 39.1 Å². The van der Waals surface area contributed by atoms with Crippen molar-refractivity contribution >= 4 is 22.6 Å². The van der Waals surface area contributed by atoms with Crippen LogP contribution in [0.1, 0.15) is 12.8 Å². The van der Waals surface area contributed by atoms with Crippen molar-refractivity contribution < 1.29 is 14.3 Å². The van der Waals surface area contributed by atoms with E-state index in [1.807, 2.05) is 36.4 Å². The Morgan fingerprint density at radius 3 is 2.15 bits per heavy atom. The lowest BCUT2D eigenvalue weighted by molar-refractivity contribution is -0.139. The molecule has 0 spiro atoms. The molecule has 6 nitrogen and oxygen atoms in total. The van der Waals surface area contributed by atoms with Crippen molar-refractivity contribution in [1.29, 1.82) is 0 Å². The highest BCUT2D eigenvalue weighted by Crippen LogP contribution is 2.20. The Balaban J connectivity index is 1.43. The topological polar surface area (TPSA) is 75.9 Å². The summed E-state index contributed by atoms with van der Waals surface area (Å²) in [4.78, 5) is 27.7. The first-order chi connectivity index (χ1) is 12.7. The van der Waals surface area contributed by atoms with Crippen LogP contribution in [0.2, 0.25) is 0 Å². The van der Waals surface area contributed by atoms with E-state index >= 15 is 0 Å². The van der Waals surface area contributed by atoms with Crippen LogP contribution in [0.3, 0.4) is 0 Å². The number of rotatable bonds is 6. The van der Waals surface area contributed by atoms with E-state index in [1.165, 1.54) is 0 Å². The van der Waals surface area contributed by atoms with Gasteiger partial charge in [0.25, 0.3) is 0 Å². The Hall–Kier alpha value is -2.60. The van der Waals surface area contributed by atoms with Crippen molar-refractivity contribution in [1.82, 2.24) is 9.80 Å². The van der Waals surface area contributed by atoms with Gasteiger partial charge in [-0.15, -0.1) is 0 Å². The van der Waals surface area contributed by atoms with Crippen LogP contribution in [-0.4, -0.2) is 60.9 Å². The molecular formula is C20H25N3O3. The minimum Gasteiger partial charge on any atom is -0.493 e. The van der Waals surface area contributed by atoms with Gasteiger partial charge in [0.1, 0.15) is 5.75 Å². The Labute approximate surface area is 153 Å². The molecule has 6 heteroatoms. The van der Waals surface area contributed by atoms with Gasteiger partial charge in [-0.1, -0.05) is 30.3 Å². The van der Waals surface area contributed by atoms with Gasteiger partial charge in [-0.25, -0.2) is 0 Å². The lowest BCUT2D eigenvalue weighted by Gasteiger charge is -2.34. The third kappa shape index (κ3) is 4.52. The summed E-state index contributed by atoms with van der Waals surface area (Å²) in [6, 6.07) is 14.0. The molecule has 0 aromatic heterocycles.